The zero-order valence-electron chi connectivity index (χ0n) is 11.4. The van der Waals surface area contributed by atoms with Crippen LogP contribution in [0.5, 0.6) is 5.75 Å². The quantitative estimate of drug-likeness (QED) is 0.741. The SMILES string of the molecule is CCCC1CC1NC(=O)CCOc1ccc(N)cc1. The normalized spacial score (nSPS) is 20.9. The lowest BCUT2D eigenvalue weighted by molar-refractivity contribution is -0.121. The van der Waals surface area contributed by atoms with Crippen LogP contribution in [0.2, 0.25) is 0 Å². The Hall–Kier alpha value is -1.71. The number of nitrogens with one attached hydrogen (secondary N) is 1. The topological polar surface area (TPSA) is 64.3 Å². The summed E-state index contributed by atoms with van der Waals surface area (Å²) in [6.07, 6.45) is 3.95. The van der Waals surface area contributed by atoms with Gasteiger partial charge in [0.15, 0.2) is 0 Å². The molecule has 1 aromatic carbocycles. The largest absolute Gasteiger partial charge is 0.493 e. The molecular weight excluding hydrogens is 240 g/mol. The Morgan fingerprint density at radius 2 is 2.16 bits per heavy atom. The molecule has 4 heteroatoms. The van der Waals surface area contributed by atoms with Gasteiger partial charge in [0.2, 0.25) is 5.91 Å². The predicted octanol–water partition coefficient (Wildman–Crippen LogP) is 2.34. The highest BCUT2D eigenvalue weighted by Gasteiger charge is 2.36. The molecule has 1 saturated carbocycles. The summed E-state index contributed by atoms with van der Waals surface area (Å²) in [5, 5.41) is 3.05. The van der Waals surface area contributed by atoms with Gasteiger partial charge in [-0.05, 0) is 43.0 Å². The van der Waals surface area contributed by atoms with Crippen LogP contribution >= 0.6 is 0 Å². The summed E-state index contributed by atoms with van der Waals surface area (Å²) in [4.78, 5) is 11.7. The lowest BCUT2D eigenvalue weighted by atomic mass is 10.2. The zero-order valence-corrected chi connectivity index (χ0v) is 11.4. The fourth-order valence-corrected chi connectivity index (χ4v) is 2.22. The second kappa shape index (κ2) is 6.45. The van der Waals surface area contributed by atoms with Crippen molar-refractivity contribution in [3.05, 3.63) is 24.3 Å². The molecule has 1 aliphatic rings. The predicted molar refractivity (Wildman–Crippen MR) is 75.9 cm³/mol. The number of carbonyl (C=O) groups is 1. The first kappa shape index (κ1) is 13.7. The first-order chi connectivity index (χ1) is 9.19. The summed E-state index contributed by atoms with van der Waals surface area (Å²) in [5.41, 5.74) is 6.29. The second-order valence-electron chi connectivity index (χ2n) is 5.13. The van der Waals surface area contributed by atoms with Crippen LogP contribution in [-0.2, 0) is 4.79 Å². The van der Waals surface area contributed by atoms with Crippen molar-refractivity contribution in [3.8, 4) is 5.75 Å². The molecule has 0 bridgehead atoms. The number of nitrogen functional groups attached to an aromatic ring is 1. The van der Waals surface area contributed by atoms with Crippen molar-refractivity contribution in [3.63, 3.8) is 0 Å². The molecule has 2 rings (SSSR count). The fourth-order valence-electron chi connectivity index (χ4n) is 2.22. The van der Waals surface area contributed by atoms with Crippen LogP contribution < -0.4 is 15.8 Å². The Morgan fingerprint density at radius 3 is 2.84 bits per heavy atom. The maximum Gasteiger partial charge on any atom is 0.223 e. The van der Waals surface area contributed by atoms with Gasteiger partial charge in [-0.2, -0.15) is 0 Å². The van der Waals surface area contributed by atoms with Crippen LogP contribution in [0.4, 0.5) is 5.69 Å². The van der Waals surface area contributed by atoms with Crippen molar-refractivity contribution >= 4 is 11.6 Å². The Balaban J connectivity index is 1.60. The third-order valence-corrected chi connectivity index (χ3v) is 3.41. The van der Waals surface area contributed by atoms with E-state index in [0.717, 1.165) is 12.2 Å². The standard InChI is InChI=1S/C15H22N2O2/c1-2-3-11-10-14(11)17-15(18)8-9-19-13-6-4-12(16)5-7-13/h4-7,11,14H,2-3,8-10,16H2,1H3,(H,17,18). The minimum atomic E-state index is 0.0825. The number of carbonyl (C=O) groups excluding carboxylic acids is 1. The highest BCUT2D eigenvalue weighted by Crippen LogP contribution is 2.34. The first-order valence-electron chi connectivity index (χ1n) is 6.96. The molecule has 2 unspecified atom stereocenters. The number of amides is 1. The van der Waals surface area contributed by atoms with Crippen LogP contribution in [0.1, 0.15) is 32.6 Å². The van der Waals surface area contributed by atoms with Gasteiger partial charge in [0.05, 0.1) is 13.0 Å². The number of rotatable bonds is 7. The van der Waals surface area contributed by atoms with Gasteiger partial charge in [-0.3, -0.25) is 4.79 Å². The lowest BCUT2D eigenvalue weighted by Gasteiger charge is -2.07. The molecule has 4 nitrogen and oxygen atoms in total. The van der Waals surface area contributed by atoms with Gasteiger partial charge < -0.3 is 15.8 Å². The molecule has 19 heavy (non-hydrogen) atoms. The molecule has 0 aliphatic heterocycles. The summed E-state index contributed by atoms with van der Waals surface area (Å²) < 4.78 is 5.49. The van der Waals surface area contributed by atoms with Crippen LogP contribution in [0.15, 0.2) is 24.3 Å². The summed E-state index contributed by atoms with van der Waals surface area (Å²) in [7, 11) is 0. The van der Waals surface area contributed by atoms with Crippen LogP contribution in [-0.4, -0.2) is 18.6 Å². The van der Waals surface area contributed by atoms with Crippen molar-refractivity contribution < 1.29 is 9.53 Å². The van der Waals surface area contributed by atoms with Crippen molar-refractivity contribution in [2.24, 2.45) is 5.92 Å². The first-order valence-corrected chi connectivity index (χ1v) is 6.96. The third kappa shape index (κ3) is 4.47. The van der Waals surface area contributed by atoms with Crippen LogP contribution in [0.3, 0.4) is 0 Å². The minimum absolute atomic E-state index is 0.0825. The maximum absolute atomic E-state index is 11.7. The maximum atomic E-state index is 11.7. The summed E-state index contributed by atoms with van der Waals surface area (Å²) in [5.74, 6) is 1.53. The van der Waals surface area contributed by atoms with Gasteiger partial charge in [0, 0.05) is 11.7 Å². The van der Waals surface area contributed by atoms with Crippen molar-refractivity contribution in [1.29, 1.82) is 0 Å². The highest BCUT2D eigenvalue weighted by atomic mass is 16.5. The lowest BCUT2D eigenvalue weighted by Crippen LogP contribution is -2.28. The minimum Gasteiger partial charge on any atom is -0.493 e. The number of hydrogen-bond acceptors (Lipinski definition) is 3. The molecule has 0 aromatic heterocycles. The number of benzene rings is 1. The molecule has 0 radical (unpaired) electrons. The molecule has 1 fully saturated rings. The van der Waals surface area contributed by atoms with E-state index in [9.17, 15) is 4.79 Å². The monoisotopic (exact) mass is 262 g/mol. The molecule has 0 heterocycles. The van der Waals surface area contributed by atoms with Crippen molar-refractivity contribution in [2.45, 2.75) is 38.6 Å². The third-order valence-electron chi connectivity index (χ3n) is 3.41. The number of ether oxygens (including phenoxy) is 1. The highest BCUT2D eigenvalue weighted by molar-refractivity contribution is 5.76. The molecule has 1 amide bonds. The van der Waals surface area contributed by atoms with E-state index in [-0.39, 0.29) is 5.91 Å². The van der Waals surface area contributed by atoms with E-state index in [1.807, 2.05) is 12.1 Å². The van der Waals surface area contributed by atoms with E-state index >= 15 is 0 Å². The van der Waals surface area contributed by atoms with E-state index in [1.165, 1.54) is 12.8 Å². The van der Waals surface area contributed by atoms with Crippen LogP contribution in [0, 0.1) is 5.92 Å². The number of hydrogen-bond donors (Lipinski definition) is 2. The van der Waals surface area contributed by atoms with E-state index < -0.39 is 0 Å². The average Bonchev–Trinajstić information content (AvgIpc) is 3.10. The van der Waals surface area contributed by atoms with Gasteiger partial charge in [-0.15, -0.1) is 0 Å². The van der Waals surface area contributed by atoms with Crippen LogP contribution in [0.25, 0.3) is 0 Å². The average molecular weight is 262 g/mol. The molecule has 1 aliphatic carbocycles. The Labute approximate surface area is 114 Å². The van der Waals surface area contributed by atoms with E-state index in [2.05, 4.69) is 12.2 Å². The second-order valence-corrected chi connectivity index (χ2v) is 5.13. The van der Waals surface area contributed by atoms with Gasteiger partial charge in [0.1, 0.15) is 5.75 Å². The number of anilines is 1. The Bertz CT molecular complexity index is 417. The summed E-state index contributed by atoms with van der Waals surface area (Å²) in [6.45, 7) is 2.58. The van der Waals surface area contributed by atoms with Gasteiger partial charge in [0.25, 0.3) is 0 Å². The van der Waals surface area contributed by atoms with Gasteiger partial charge in [-0.25, -0.2) is 0 Å². The smallest absolute Gasteiger partial charge is 0.223 e. The van der Waals surface area contributed by atoms with Gasteiger partial charge in [-0.1, -0.05) is 13.3 Å². The summed E-state index contributed by atoms with van der Waals surface area (Å²) >= 11 is 0. The molecule has 2 atom stereocenters. The Morgan fingerprint density at radius 1 is 1.42 bits per heavy atom. The molecule has 104 valence electrons. The van der Waals surface area contributed by atoms with E-state index in [0.29, 0.717) is 30.7 Å². The molecule has 0 spiro atoms. The van der Waals surface area contributed by atoms with Gasteiger partial charge >= 0.3 is 0 Å². The van der Waals surface area contributed by atoms with Crippen molar-refractivity contribution in [2.75, 3.05) is 12.3 Å². The Kier molecular flexibility index (Phi) is 4.66. The molecular formula is C15H22N2O2. The fraction of sp³-hybridized carbons (Fsp3) is 0.533. The molecule has 0 saturated heterocycles. The van der Waals surface area contributed by atoms with Crippen molar-refractivity contribution in [1.82, 2.24) is 5.32 Å². The zero-order chi connectivity index (χ0) is 13.7. The molecule has 1 aromatic rings. The van der Waals surface area contributed by atoms with E-state index in [4.69, 9.17) is 10.5 Å². The van der Waals surface area contributed by atoms with E-state index in [1.54, 1.807) is 12.1 Å². The molecule has 3 N–H and O–H groups in total. The number of nitrogens with two attached hydrogens (primary N) is 1. The summed E-state index contributed by atoms with van der Waals surface area (Å²) in [6, 6.07) is 7.60.